The molecule has 2 aromatic carbocycles. The molecule has 0 aliphatic carbocycles. The number of aromatic amines is 1. The Morgan fingerprint density at radius 3 is 2.19 bits per heavy atom. The van der Waals surface area contributed by atoms with E-state index in [1.54, 1.807) is 12.4 Å². The molecule has 3 rings (SSSR count). The molecule has 3 aromatic rings. The van der Waals surface area contributed by atoms with Crippen LogP contribution in [0.4, 0.5) is 5.69 Å². The van der Waals surface area contributed by atoms with E-state index in [0.717, 1.165) is 16.8 Å². The van der Waals surface area contributed by atoms with Gasteiger partial charge in [-0.3, -0.25) is 4.79 Å². The van der Waals surface area contributed by atoms with Crippen LogP contribution in [0.15, 0.2) is 79.1 Å². The number of carbonyl (C=O) groups is 1. The number of carbonyl (C=O) groups excluding carboxylic acids is 1. The van der Waals surface area contributed by atoms with Crippen molar-refractivity contribution in [1.29, 1.82) is 0 Å². The number of nitrogens with one attached hydrogen (secondary N) is 2. The van der Waals surface area contributed by atoms with Crippen LogP contribution in [0.3, 0.4) is 0 Å². The Bertz CT molecular complexity index is 722. The van der Waals surface area contributed by atoms with Crippen molar-refractivity contribution in [3.63, 3.8) is 0 Å². The summed E-state index contributed by atoms with van der Waals surface area (Å²) in [5, 5.41) is 2.85. The third-order valence-electron chi connectivity index (χ3n) is 3.22. The molecule has 0 fully saturated rings. The van der Waals surface area contributed by atoms with Gasteiger partial charge in [0, 0.05) is 11.6 Å². The van der Waals surface area contributed by atoms with Gasteiger partial charge >= 0.3 is 0 Å². The lowest BCUT2D eigenvalue weighted by molar-refractivity contribution is -0.377. The van der Waals surface area contributed by atoms with E-state index in [1.165, 1.54) is 0 Å². The second kappa shape index (κ2) is 6.01. The SMILES string of the molecule is O=C(Nc1ccc[nH+]c1)c1ccc(-c2ccccc2)cc1. The van der Waals surface area contributed by atoms with Gasteiger partial charge in [0.1, 0.15) is 5.69 Å². The minimum absolute atomic E-state index is 0.116. The number of benzene rings is 2. The first kappa shape index (κ1) is 13.1. The Kier molecular flexibility index (Phi) is 3.74. The Hall–Kier alpha value is -2.94. The quantitative estimate of drug-likeness (QED) is 0.782. The summed E-state index contributed by atoms with van der Waals surface area (Å²) in [5.41, 5.74) is 3.62. The van der Waals surface area contributed by atoms with Gasteiger partial charge in [-0.05, 0) is 29.3 Å². The lowest BCUT2D eigenvalue weighted by Gasteiger charge is -2.05. The fraction of sp³-hybridized carbons (Fsp3) is 0. The van der Waals surface area contributed by atoms with E-state index < -0.39 is 0 Å². The topological polar surface area (TPSA) is 43.2 Å². The lowest BCUT2D eigenvalue weighted by atomic mass is 10.0. The highest BCUT2D eigenvalue weighted by molar-refractivity contribution is 6.04. The van der Waals surface area contributed by atoms with Crippen molar-refractivity contribution in [2.24, 2.45) is 0 Å². The third-order valence-corrected chi connectivity index (χ3v) is 3.22. The monoisotopic (exact) mass is 275 g/mol. The molecule has 0 unspecified atom stereocenters. The van der Waals surface area contributed by atoms with Gasteiger partial charge < -0.3 is 5.32 Å². The second-order valence-corrected chi connectivity index (χ2v) is 4.69. The fourth-order valence-electron chi connectivity index (χ4n) is 2.12. The maximum Gasteiger partial charge on any atom is 0.255 e. The molecule has 0 aliphatic rings. The molecule has 102 valence electrons. The normalized spacial score (nSPS) is 10.1. The molecule has 1 aromatic heterocycles. The molecular weight excluding hydrogens is 260 g/mol. The summed E-state index contributed by atoms with van der Waals surface area (Å²) in [6, 6.07) is 21.4. The van der Waals surface area contributed by atoms with Crippen LogP contribution in [-0.4, -0.2) is 5.91 Å². The van der Waals surface area contributed by atoms with E-state index in [9.17, 15) is 4.79 Å². The highest BCUT2D eigenvalue weighted by Crippen LogP contribution is 2.19. The Morgan fingerprint density at radius 2 is 1.52 bits per heavy atom. The standard InChI is InChI=1S/C18H14N2O/c21-18(20-17-7-4-12-19-13-17)16-10-8-15(9-11-16)14-5-2-1-3-6-14/h1-13H,(H,20,21)/p+1. The molecule has 1 amide bonds. The van der Waals surface area contributed by atoms with Gasteiger partial charge in [-0.2, -0.15) is 0 Å². The van der Waals surface area contributed by atoms with Crippen molar-refractivity contribution in [1.82, 2.24) is 0 Å². The number of hydrogen-bond acceptors (Lipinski definition) is 1. The molecular formula is C18H15N2O+. The van der Waals surface area contributed by atoms with Crippen molar-refractivity contribution in [2.45, 2.75) is 0 Å². The lowest BCUT2D eigenvalue weighted by Crippen LogP contribution is -2.13. The zero-order valence-electron chi connectivity index (χ0n) is 11.4. The van der Waals surface area contributed by atoms with E-state index >= 15 is 0 Å². The molecule has 0 atom stereocenters. The third kappa shape index (κ3) is 3.15. The van der Waals surface area contributed by atoms with Gasteiger partial charge in [0.05, 0.1) is 0 Å². The second-order valence-electron chi connectivity index (χ2n) is 4.69. The van der Waals surface area contributed by atoms with E-state index in [-0.39, 0.29) is 5.91 Å². The zero-order chi connectivity index (χ0) is 14.5. The molecule has 0 bridgehead atoms. The van der Waals surface area contributed by atoms with Gasteiger partial charge in [-0.15, -0.1) is 0 Å². The smallest absolute Gasteiger partial charge is 0.255 e. The summed E-state index contributed by atoms with van der Waals surface area (Å²) in [7, 11) is 0. The van der Waals surface area contributed by atoms with Crippen LogP contribution in [0.25, 0.3) is 11.1 Å². The average molecular weight is 275 g/mol. The van der Waals surface area contributed by atoms with Gasteiger partial charge in [-0.1, -0.05) is 42.5 Å². The van der Waals surface area contributed by atoms with Crippen LogP contribution in [0.5, 0.6) is 0 Å². The Morgan fingerprint density at radius 1 is 0.810 bits per heavy atom. The average Bonchev–Trinajstić information content (AvgIpc) is 2.57. The number of amides is 1. The summed E-state index contributed by atoms with van der Waals surface area (Å²) >= 11 is 0. The highest BCUT2D eigenvalue weighted by Gasteiger charge is 2.07. The molecule has 0 radical (unpaired) electrons. The first-order chi connectivity index (χ1) is 10.3. The van der Waals surface area contributed by atoms with Crippen LogP contribution in [0, 0.1) is 0 Å². The van der Waals surface area contributed by atoms with Gasteiger partial charge in [0.15, 0.2) is 12.4 Å². The van der Waals surface area contributed by atoms with Crippen molar-refractivity contribution >= 4 is 11.6 Å². The summed E-state index contributed by atoms with van der Waals surface area (Å²) in [6.45, 7) is 0. The van der Waals surface area contributed by atoms with E-state index in [1.807, 2.05) is 54.6 Å². The zero-order valence-corrected chi connectivity index (χ0v) is 11.4. The molecule has 3 heteroatoms. The molecule has 2 N–H and O–H groups in total. The van der Waals surface area contributed by atoms with Gasteiger partial charge in [0.2, 0.25) is 0 Å². The number of anilines is 1. The van der Waals surface area contributed by atoms with E-state index in [4.69, 9.17) is 0 Å². The first-order valence-electron chi connectivity index (χ1n) is 6.76. The summed E-state index contributed by atoms with van der Waals surface area (Å²) in [6.07, 6.45) is 3.54. The molecule has 0 aliphatic heterocycles. The van der Waals surface area contributed by atoms with Gasteiger partial charge in [0.25, 0.3) is 5.91 Å². The largest absolute Gasteiger partial charge is 0.317 e. The fourth-order valence-corrected chi connectivity index (χ4v) is 2.12. The summed E-state index contributed by atoms with van der Waals surface area (Å²) in [5.74, 6) is -0.116. The maximum atomic E-state index is 12.1. The highest BCUT2D eigenvalue weighted by atomic mass is 16.1. The summed E-state index contributed by atoms with van der Waals surface area (Å²) in [4.78, 5) is 15.1. The van der Waals surface area contributed by atoms with E-state index in [2.05, 4.69) is 22.4 Å². The maximum absolute atomic E-state index is 12.1. The van der Waals surface area contributed by atoms with Crippen molar-refractivity contribution < 1.29 is 9.78 Å². The summed E-state index contributed by atoms with van der Waals surface area (Å²) < 4.78 is 0. The predicted octanol–water partition coefficient (Wildman–Crippen LogP) is 3.42. The Labute approximate surface area is 123 Å². The number of hydrogen-bond donors (Lipinski definition) is 1. The number of pyridine rings is 1. The van der Waals surface area contributed by atoms with Crippen LogP contribution >= 0.6 is 0 Å². The molecule has 21 heavy (non-hydrogen) atoms. The van der Waals surface area contributed by atoms with Crippen LogP contribution in [0.2, 0.25) is 0 Å². The molecule has 3 nitrogen and oxygen atoms in total. The minimum Gasteiger partial charge on any atom is -0.317 e. The number of rotatable bonds is 3. The van der Waals surface area contributed by atoms with Crippen LogP contribution < -0.4 is 10.3 Å². The van der Waals surface area contributed by atoms with Crippen molar-refractivity contribution in [3.05, 3.63) is 84.7 Å². The number of aromatic nitrogens is 1. The number of H-pyrrole nitrogens is 1. The van der Waals surface area contributed by atoms with Crippen LogP contribution in [0.1, 0.15) is 10.4 Å². The van der Waals surface area contributed by atoms with Crippen molar-refractivity contribution in [3.8, 4) is 11.1 Å². The minimum atomic E-state index is -0.116. The molecule has 0 saturated heterocycles. The molecule has 1 heterocycles. The predicted molar refractivity (Wildman–Crippen MR) is 82.8 cm³/mol. The first-order valence-corrected chi connectivity index (χ1v) is 6.76. The van der Waals surface area contributed by atoms with Crippen LogP contribution in [-0.2, 0) is 0 Å². The van der Waals surface area contributed by atoms with Crippen molar-refractivity contribution in [2.75, 3.05) is 5.32 Å². The molecule has 0 spiro atoms. The molecule has 0 saturated carbocycles. The van der Waals surface area contributed by atoms with Gasteiger partial charge in [-0.25, -0.2) is 4.98 Å². The Balaban J connectivity index is 1.77. The van der Waals surface area contributed by atoms with E-state index in [0.29, 0.717) is 5.56 Å².